The van der Waals surface area contributed by atoms with Crippen molar-refractivity contribution in [1.29, 1.82) is 0 Å². The van der Waals surface area contributed by atoms with Crippen molar-refractivity contribution in [2.45, 2.75) is 151 Å². The first-order valence-electron chi connectivity index (χ1n) is 14.6. The Kier molecular flexibility index (Phi) is 18.6. The van der Waals surface area contributed by atoms with E-state index < -0.39 is 0 Å². The van der Waals surface area contributed by atoms with Crippen LogP contribution in [0.25, 0.3) is 0 Å². The summed E-state index contributed by atoms with van der Waals surface area (Å²) >= 11 is 0. The highest BCUT2D eigenvalue weighted by molar-refractivity contribution is 7.59. The van der Waals surface area contributed by atoms with E-state index in [1.807, 2.05) is 0 Å². The molecule has 0 radical (unpaired) electrons. The van der Waals surface area contributed by atoms with Gasteiger partial charge in [0.1, 0.15) is 0 Å². The monoisotopic (exact) mass is 507 g/mol. The van der Waals surface area contributed by atoms with Gasteiger partial charge in [0.15, 0.2) is 0 Å². The molecule has 1 N–H and O–H groups in total. The Labute approximate surface area is 222 Å². The maximum Gasteiger partial charge on any atom is 0.0814 e. The molecule has 0 atom stereocenters. The molecule has 0 bridgehead atoms. The van der Waals surface area contributed by atoms with Crippen LogP contribution >= 0.6 is 15.8 Å². The highest BCUT2D eigenvalue weighted by Gasteiger charge is 2.32. The van der Waals surface area contributed by atoms with Gasteiger partial charge in [-0.15, -0.1) is 0 Å². The second-order valence-electron chi connectivity index (χ2n) is 11.4. The molecule has 0 aromatic heterocycles. The van der Waals surface area contributed by atoms with E-state index in [1.165, 1.54) is 90.1 Å². The summed E-state index contributed by atoms with van der Waals surface area (Å²) in [6.45, 7) is 2.69. The highest BCUT2D eigenvalue weighted by Crippen LogP contribution is 2.56. The minimum atomic E-state index is 0. The molecule has 0 unspecified atom stereocenters. The van der Waals surface area contributed by atoms with E-state index >= 15 is 0 Å². The molecule has 0 aliphatic heterocycles. The molecular formula is C28H62B3NP2. The summed E-state index contributed by atoms with van der Waals surface area (Å²) in [5.74, 6) is 0. The summed E-state index contributed by atoms with van der Waals surface area (Å²) in [7, 11) is 0.579. The first kappa shape index (κ1) is 33.0. The van der Waals surface area contributed by atoms with Crippen molar-refractivity contribution < 1.29 is 0 Å². The number of hydrogen-bond donors (Lipinski definition) is 1. The molecule has 0 amide bonds. The summed E-state index contributed by atoms with van der Waals surface area (Å²) in [5.41, 5.74) is 4.54. The van der Waals surface area contributed by atoms with Gasteiger partial charge < -0.3 is 5.32 Å². The highest BCUT2D eigenvalue weighted by atomic mass is 31.1. The van der Waals surface area contributed by atoms with Gasteiger partial charge in [-0.3, -0.25) is 0 Å². The molecule has 1 nitrogen and oxygen atoms in total. The predicted molar refractivity (Wildman–Crippen MR) is 174 cm³/mol. The van der Waals surface area contributed by atoms with Gasteiger partial charge in [-0.2, -0.15) is 0 Å². The van der Waals surface area contributed by atoms with Crippen LogP contribution in [0.15, 0.2) is 0 Å². The Morgan fingerprint density at radius 3 is 0.853 bits per heavy atom. The van der Waals surface area contributed by atoms with Crippen LogP contribution in [0, 0.1) is 0 Å². The average molecular weight is 507 g/mol. The third-order valence-corrected chi connectivity index (χ3v) is 16.6. The number of nitrogens with one attached hydrogen (secondary N) is 1. The zero-order valence-electron chi connectivity index (χ0n) is 20.7. The van der Waals surface area contributed by atoms with Crippen molar-refractivity contribution in [2.24, 2.45) is 0 Å². The zero-order chi connectivity index (χ0) is 21.1. The van der Waals surface area contributed by atoms with E-state index in [0.29, 0.717) is 0 Å². The number of rotatable bonds is 10. The van der Waals surface area contributed by atoms with E-state index in [9.17, 15) is 0 Å². The molecule has 34 heavy (non-hydrogen) atoms. The van der Waals surface area contributed by atoms with Crippen molar-refractivity contribution >= 4 is 41.1 Å². The fraction of sp³-hybridized carbons (Fsp3) is 1.00. The summed E-state index contributed by atoms with van der Waals surface area (Å²) in [6.07, 6.45) is 34.1. The molecule has 0 spiro atoms. The topological polar surface area (TPSA) is 12.0 Å². The lowest BCUT2D eigenvalue weighted by molar-refractivity contribution is 0.482. The third-order valence-electron chi connectivity index (χ3n) is 9.27. The van der Waals surface area contributed by atoms with E-state index in [-0.39, 0.29) is 41.1 Å². The Morgan fingerprint density at radius 2 is 0.618 bits per heavy atom. The summed E-state index contributed by atoms with van der Waals surface area (Å²) in [6, 6.07) is 0. The van der Waals surface area contributed by atoms with Crippen molar-refractivity contribution in [1.82, 2.24) is 5.32 Å². The van der Waals surface area contributed by atoms with Gasteiger partial charge in [-0.1, -0.05) is 92.9 Å². The lowest BCUT2D eigenvalue weighted by Gasteiger charge is -2.39. The van der Waals surface area contributed by atoms with Crippen LogP contribution in [0.4, 0.5) is 0 Å². The Hall–Kier alpha value is 1.01. The Morgan fingerprint density at radius 1 is 0.382 bits per heavy atom. The summed E-state index contributed by atoms with van der Waals surface area (Å²) in [5, 5.41) is 4.04. The quantitative estimate of drug-likeness (QED) is 0.240. The SMILES string of the molecule is B.B.B.C1CCC(P(CCNCCP(C2CCCCC2)C2CCCCC2)C2CCCCC2)CC1. The zero-order valence-corrected chi connectivity index (χ0v) is 22.5. The fourth-order valence-corrected chi connectivity index (χ4v) is 15.1. The molecule has 0 aromatic carbocycles. The van der Waals surface area contributed by atoms with Gasteiger partial charge in [0.25, 0.3) is 0 Å². The molecule has 4 fully saturated rings. The first-order chi connectivity index (χ1) is 15.4. The molecule has 4 aliphatic rings. The van der Waals surface area contributed by atoms with Gasteiger partial charge in [-0.05, 0) is 99.4 Å². The molecule has 4 rings (SSSR count). The van der Waals surface area contributed by atoms with Gasteiger partial charge >= 0.3 is 0 Å². The van der Waals surface area contributed by atoms with E-state index in [0.717, 1.165) is 22.6 Å². The lowest BCUT2D eigenvalue weighted by Crippen LogP contribution is -2.29. The van der Waals surface area contributed by atoms with Crippen LogP contribution in [0.5, 0.6) is 0 Å². The smallest absolute Gasteiger partial charge is 0.0814 e. The summed E-state index contributed by atoms with van der Waals surface area (Å²) in [4.78, 5) is 0. The van der Waals surface area contributed by atoms with Crippen LogP contribution in [-0.4, -0.2) is 73.3 Å². The molecule has 0 heterocycles. The van der Waals surface area contributed by atoms with E-state index in [2.05, 4.69) is 5.32 Å². The molecule has 0 saturated heterocycles. The van der Waals surface area contributed by atoms with Crippen LogP contribution in [0.2, 0.25) is 0 Å². The van der Waals surface area contributed by atoms with Crippen molar-refractivity contribution in [3.05, 3.63) is 0 Å². The maximum absolute atomic E-state index is 4.04. The number of hydrogen-bond acceptors (Lipinski definition) is 1. The van der Waals surface area contributed by atoms with Crippen LogP contribution in [0.3, 0.4) is 0 Å². The maximum atomic E-state index is 4.04. The summed E-state index contributed by atoms with van der Waals surface area (Å²) < 4.78 is 0. The molecule has 6 heteroatoms. The predicted octanol–water partition coefficient (Wildman–Crippen LogP) is 5.32. The van der Waals surface area contributed by atoms with E-state index in [4.69, 9.17) is 0 Å². The van der Waals surface area contributed by atoms with E-state index in [1.54, 1.807) is 63.7 Å². The van der Waals surface area contributed by atoms with Crippen molar-refractivity contribution in [3.63, 3.8) is 0 Å². The van der Waals surface area contributed by atoms with Gasteiger partial charge in [-0.25, -0.2) is 0 Å². The lowest BCUT2D eigenvalue weighted by atomic mass is 9.99. The first-order valence-corrected chi connectivity index (χ1v) is 18.0. The van der Waals surface area contributed by atoms with Gasteiger partial charge in [0.05, 0.1) is 25.2 Å². The standard InChI is InChI=1S/C28H53NP2.3BH3/c1-5-13-25(14-6-1)30(26-15-7-2-8-16-26)23-21-29-22-24-31(27-17-9-3-10-18-27)28-19-11-4-12-20-28;;;/h25-29H,1-24H2;3*1H3. The van der Waals surface area contributed by atoms with Crippen molar-refractivity contribution in [3.8, 4) is 0 Å². The van der Waals surface area contributed by atoms with Gasteiger partial charge in [0.2, 0.25) is 0 Å². The second kappa shape index (κ2) is 19.1. The molecule has 198 valence electrons. The minimum absolute atomic E-state index is 0. The molecule has 4 saturated carbocycles. The molecular weight excluding hydrogens is 445 g/mol. The third kappa shape index (κ3) is 10.4. The molecule has 4 aliphatic carbocycles. The Balaban J connectivity index is 0.00000193. The van der Waals surface area contributed by atoms with Crippen LogP contribution in [-0.2, 0) is 0 Å². The van der Waals surface area contributed by atoms with Crippen LogP contribution in [0.1, 0.15) is 128 Å². The van der Waals surface area contributed by atoms with Crippen LogP contribution < -0.4 is 5.32 Å². The van der Waals surface area contributed by atoms with Crippen molar-refractivity contribution in [2.75, 3.05) is 25.4 Å². The normalized spacial score (nSPS) is 23.8. The van der Waals surface area contributed by atoms with Gasteiger partial charge in [0, 0.05) is 0 Å². The second-order valence-corrected chi connectivity index (χ2v) is 17.3. The average Bonchev–Trinajstić information content (AvgIpc) is 2.86. The Bertz CT molecular complexity index is 396. The fourth-order valence-electron chi connectivity index (χ4n) is 7.52. The minimum Gasteiger partial charge on any atom is -0.316 e. The molecule has 0 aromatic rings. The largest absolute Gasteiger partial charge is 0.316 e.